The molecule has 1 aliphatic rings. The Morgan fingerprint density at radius 1 is 1.21 bits per heavy atom. The monoisotopic (exact) mass is 429 g/mol. The van der Waals surface area contributed by atoms with Crippen molar-refractivity contribution in [3.63, 3.8) is 0 Å². The van der Waals surface area contributed by atoms with E-state index >= 15 is 0 Å². The maximum atomic E-state index is 13.7. The first-order valence-corrected chi connectivity index (χ1v) is 9.89. The van der Waals surface area contributed by atoms with Crippen LogP contribution in [-0.4, -0.2) is 37.3 Å². The minimum absolute atomic E-state index is 0. The number of hydrogen-bond donors (Lipinski definition) is 1. The van der Waals surface area contributed by atoms with Gasteiger partial charge in [0.05, 0.1) is 11.0 Å². The number of hydrogen-bond acceptors (Lipinski definition) is 5. The topological polar surface area (TPSA) is 92.5 Å². The van der Waals surface area contributed by atoms with Crippen LogP contribution in [0.5, 0.6) is 0 Å². The first kappa shape index (κ1) is 22.2. The van der Waals surface area contributed by atoms with Gasteiger partial charge in [-0.1, -0.05) is 12.1 Å². The Balaban J connectivity index is 0.00000280. The average molecular weight is 430 g/mol. The van der Waals surface area contributed by atoms with Crippen LogP contribution >= 0.6 is 12.4 Å². The Bertz CT molecular complexity index is 1000. The summed E-state index contributed by atoms with van der Waals surface area (Å²) in [5.41, 5.74) is 1.34. The largest absolute Gasteiger partial charge is 0.313 e. The third-order valence-electron chi connectivity index (χ3n) is 4.79. The van der Waals surface area contributed by atoms with Crippen LogP contribution in [0.4, 0.5) is 10.1 Å². The van der Waals surface area contributed by atoms with Gasteiger partial charge in [0.25, 0.3) is 15.7 Å². The smallest absolute Gasteiger partial charge is 0.289 e. The lowest BCUT2D eigenvalue weighted by molar-refractivity contribution is -0.387. The van der Waals surface area contributed by atoms with Crippen LogP contribution < -0.4 is 5.32 Å². The quantitative estimate of drug-likeness (QED) is 0.595. The highest BCUT2D eigenvalue weighted by atomic mass is 35.5. The van der Waals surface area contributed by atoms with E-state index in [-0.39, 0.29) is 23.8 Å². The van der Waals surface area contributed by atoms with Crippen LogP contribution in [0.2, 0.25) is 0 Å². The van der Waals surface area contributed by atoms with Crippen molar-refractivity contribution in [3.05, 3.63) is 69.0 Å². The first-order valence-electron chi connectivity index (χ1n) is 8.45. The molecule has 2 aromatic carbocycles. The molecule has 0 aromatic heterocycles. The highest BCUT2D eigenvalue weighted by molar-refractivity contribution is 7.89. The van der Waals surface area contributed by atoms with Gasteiger partial charge in [0.15, 0.2) is 4.90 Å². The maximum absolute atomic E-state index is 13.7. The summed E-state index contributed by atoms with van der Waals surface area (Å²) in [4.78, 5) is 10.5. The standard InChI is InChI=1S/C18H20FN3O4S.ClH/c1-12-8-16(22(23)24)18(9-13(12)2)27(25,26)21-7-6-20-11-17(21)14-4-3-5-15(19)10-14;/h3-5,8-10,17,20H,6-7,11H2,1-2H3;1H. The molecule has 28 heavy (non-hydrogen) atoms. The van der Waals surface area contributed by atoms with Crippen molar-refractivity contribution in [2.45, 2.75) is 24.8 Å². The Morgan fingerprint density at radius 2 is 1.89 bits per heavy atom. The normalized spacial score (nSPS) is 17.8. The molecule has 0 aliphatic carbocycles. The van der Waals surface area contributed by atoms with E-state index < -0.39 is 32.5 Å². The van der Waals surface area contributed by atoms with Gasteiger partial charge in [0, 0.05) is 25.7 Å². The van der Waals surface area contributed by atoms with Gasteiger partial charge in [-0.15, -0.1) is 12.4 Å². The summed E-state index contributed by atoms with van der Waals surface area (Å²) in [7, 11) is -4.16. The van der Waals surface area contributed by atoms with Crippen molar-refractivity contribution >= 4 is 28.1 Å². The van der Waals surface area contributed by atoms with Crippen molar-refractivity contribution in [2.24, 2.45) is 0 Å². The van der Waals surface area contributed by atoms with Crippen LogP contribution in [0, 0.1) is 29.8 Å². The summed E-state index contributed by atoms with van der Waals surface area (Å²) in [6.45, 7) is 4.23. The van der Waals surface area contributed by atoms with Crippen LogP contribution in [0.3, 0.4) is 0 Å². The van der Waals surface area contributed by atoms with E-state index in [1.807, 2.05) is 0 Å². The average Bonchev–Trinajstić information content (AvgIpc) is 2.63. The van der Waals surface area contributed by atoms with E-state index in [1.165, 1.54) is 34.6 Å². The summed E-state index contributed by atoms with van der Waals surface area (Å²) in [5, 5.41) is 14.6. The number of nitro benzene ring substituents is 1. The maximum Gasteiger partial charge on any atom is 0.289 e. The van der Waals surface area contributed by atoms with Crippen LogP contribution in [-0.2, 0) is 10.0 Å². The van der Waals surface area contributed by atoms with Crippen molar-refractivity contribution in [1.29, 1.82) is 0 Å². The second-order valence-corrected chi connectivity index (χ2v) is 8.41. The number of rotatable bonds is 4. The lowest BCUT2D eigenvalue weighted by Gasteiger charge is -2.35. The van der Waals surface area contributed by atoms with Gasteiger partial charge in [-0.05, 0) is 48.7 Å². The van der Waals surface area contributed by atoms with Crippen molar-refractivity contribution in [2.75, 3.05) is 19.6 Å². The predicted molar refractivity (Wildman–Crippen MR) is 106 cm³/mol. The number of benzene rings is 2. The molecule has 152 valence electrons. The molecule has 0 radical (unpaired) electrons. The molecule has 1 heterocycles. The fourth-order valence-electron chi connectivity index (χ4n) is 3.22. The van der Waals surface area contributed by atoms with E-state index in [1.54, 1.807) is 19.9 Å². The van der Waals surface area contributed by atoms with Gasteiger partial charge in [-0.25, -0.2) is 12.8 Å². The van der Waals surface area contributed by atoms with Crippen LogP contribution in [0.15, 0.2) is 41.3 Å². The van der Waals surface area contributed by atoms with E-state index in [9.17, 15) is 22.9 Å². The van der Waals surface area contributed by atoms with Crippen LogP contribution in [0.25, 0.3) is 0 Å². The molecular formula is C18H21ClFN3O4S. The second-order valence-electron chi connectivity index (χ2n) is 6.55. The van der Waals surface area contributed by atoms with Crippen molar-refractivity contribution < 1.29 is 17.7 Å². The summed E-state index contributed by atoms with van der Waals surface area (Å²) in [6.07, 6.45) is 0. The van der Waals surface area contributed by atoms with Crippen molar-refractivity contribution in [1.82, 2.24) is 9.62 Å². The van der Waals surface area contributed by atoms with E-state index in [0.29, 0.717) is 29.8 Å². The number of piperazine rings is 1. The lowest BCUT2D eigenvalue weighted by Crippen LogP contribution is -2.48. The highest BCUT2D eigenvalue weighted by Gasteiger charge is 2.38. The number of aryl methyl sites for hydroxylation is 2. The summed E-state index contributed by atoms with van der Waals surface area (Å²) >= 11 is 0. The second kappa shape index (κ2) is 8.52. The Hall–Kier alpha value is -2.07. The molecule has 2 aromatic rings. The number of halogens is 2. The molecule has 0 bridgehead atoms. The zero-order valence-corrected chi connectivity index (χ0v) is 17.0. The molecule has 1 atom stereocenters. The molecule has 1 N–H and O–H groups in total. The number of nitro groups is 1. The highest BCUT2D eigenvalue weighted by Crippen LogP contribution is 2.34. The van der Waals surface area contributed by atoms with E-state index in [2.05, 4.69) is 5.32 Å². The lowest BCUT2D eigenvalue weighted by atomic mass is 10.1. The van der Waals surface area contributed by atoms with Gasteiger partial charge in [-0.3, -0.25) is 10.1 Å². The predicted octanol–water partition coefficient (Wildman–Crippen LogP) is 3.11. The molecule has 1 saturated heterocycles. The first-order chi connectivity index (χ1) is 12.7. The van der Waals surface area contributed by atoms with Gasteiger partial charge in [0.1, 0.15) is 5.82 Å². The molecule has 3 rings (SSSR count). The third-order valence-corrected chi connectivity index (χ3v) is 6.72. The molecule has 1 unspecified atom stereocenters. The Kier molecular flexibility index (Phi) is 6.76. The minimum atomic E-state index is -4.16. The number of sulfonamides is 1. The zero-order valence-electron chi connectivity index (χ0n) is 15.4. The molecule has 0 saturated carbocycles. The minimum Gasteiger partial charge on any atom is -0.313 e. The van der Waals surface area contributed by atoms with Gasteiger partial charge >= 0.3 is 0 Å². The number of nitrogens with zero attached hydrogens (tertiary/aromatic N) is 2. The SMILES string of the molecule is Cc1cc([N+](=O)[O-])c(S(=O)(=O)N2CCNCC2c2cccc(F)c2)cc1C.Cl. The van der Waals surface area contributed by atoms with E-state index in [4.69, 9.17) is 0 Å². The zero-order chi connectivity index (χ0) is 19.8. The summed E-state index contributed by atoms with van der Waals surface area (Å²) < 4.78 is 41.6. The van der Waals surface area contributed by atoms with E-state index in [0.717, 1.165) is 0 Å². The number of nitrogens with one attached hydrogen (secondary N) is 1. The molecule has 7 nitrogen and oxygen atoms in total. The molecule has 0 amide bonds. The Labute approximate surface area is 169 Å². The summed E-state index contributed by atoms with van der Waals surface area (Å²) in [5.74, 6) is -0.465. The fourth-order valence-corrected chi connectivity index (χ4v) is 5.06. The van der Waals surface area contributed by atoms with Gasteiger partial charge < -0.3 is 5.32 Å². The van der Waals surface area contributed by atoms with Crippen LogP contribution in [0.1, 0.15) is 22.7 Å². The molecule has 0 spiro atoms. The molecule has 10 heteroatoms. The molecule has 1 aliphatic heterocycles. The fraction of sp³-hybridized carbons (Fsp3) is 0.333. The van der Waals surface area contributed by atoms with Gasteiger partial charge in [-0.2, -0.15) is 4.31 Å². The van der Waals surface area contributed by atoms with Crippen molar-refractivity contribution in [3.8, 4) is 0 Å². The van der Waals surface area contributed by atoms with Gasteiger partial charge in [0.2, 0.25) is 0 Å². The molecular weight excluding hydrogens is 409 g/mol. The third kappa shape index (κ3) is 4.17. The molecule has 1 fully saturated rings. The Morgan fingerprint density at radius 3 is 2.54 bits per heavy atom. The summed E-state index contributed by atoms with van der Waals surface area (Å²) in [6, 6.07) is 7.71.